The van der Waals surface area contributed by atoms with Crippen molar-refractivity contribution in [2.24, 2.45) is 11.3 Å². The average molecular weight is 409 g/mol. The molecule has 30 heavy (non-hydrogen) atoms. The van der Waals surface area contributed by atoms with Crippen LogP contribution in [0.25, 0.3) is 11.1 Å². The molecule has 0 aromatic heterocycles. The van der Waals surface area contributed by atoms with Gasteiger partial charge in [0.15, 0.2) is 0 Å². The standard InChI is InChI=1S/C25H29FN2O2/c1-25(2)14-19-12-18(17-4-3-5-20(26)13-17)6-7-21(19)23(25)27-24(29)30-22-15-28-10-8-16(22)9-11-28/h3-7,12-13,16,22-23H,8-11,14-15H2,1-2H3,(H,27,29)/t22-,23?/m0/s1. The summed E-state index contributed by atoms with van der Waals surface area (Å²) in [6.07, 6.45) is 2.80. The molecule has 4 nitrogen and oxygen atoms in total. The van der Waals surface area contributed by atoms with E-state index in [1.165, 1.54) is 11.6 Å². The van der Waals surface area contributed by atoms with E-state index in [0.29, 0.717) is 5.92 Å². The maximum absolute atomic E-state index is 13.6. The van der Waals surface area contributed by atoms with Crippen molar-refractivity contribution in [1.29, 1.82) is 0 Å². The molecule has 0 saturated carbocycles. The van der Waals surface area contributed by atoms with Crippen LogP contribution in [-0.2, 0) is 11.2 Å². The van der Waals surface area contributed by atoms with Crippen molar-refractivity contribution in [3.05, 3.63) is 59.4 Å². The highest BCUT2D eigenvalue weighted by Crippen LogP contribution is 2.46. The summed E-state index contributed by atoms with van der Waals surface area (Å²) in [6, 6.07) is 12.8. The zero-order chi connectivity index (χ0) is 20.9. The van der Waals surface area contributed by atoms with Crippen LogP contribution in [0.3, 0.4) is 0 Å². The van der Waals surface area contributed by atoms with Crippen molar-refractivity contribution in [2.75, 3.05) is 19.6 Å². The zero-order valence-corrected chi connectivity index (χ0v) is 17.7. The third kappa shape index (κ3) is 3.60. The lowest BCUT2D eigenvalue weighted by Crippen LogP contribution is -2.53. The Balaban J connectivity index is 1.33. The molecule has 4 aliphatic rings. The second-order valence-electron chi connectivity index (χ2n) is 9.75. The Morgan fingerprint density at radius 1 is 1.13 bits per heavy atom. The summed E-state index contributed by atoms with van der Waals surface area (Å²) in [5, 5.41) is 3.16. The van der Waals surface area contributed by atoms with E-state index in [9.17, 15) is 9.18 Å². The van der Waals surface area contributed by atoms with Gasteiger partial charge in [0, 0.05) is 6.54 Å². The molecule has 1 N–H and O–H groups in total. The number of benzene rings is 2. The minimum atomic E-state index is -0.311. The fourth-order valence-electron chi connectivity index (χ4n) is 5.51. The van der Waals surface area contributed by atoms with Crippen molar-refractivity contribution < 1.29 is 13.9 Å². The van der Waals surface area contributed by atoms with Gasteiger partial charge in [-0.25, -0.2) is 9.18 Å². The molecule has 3 aliphatic heterocycles. The van der Waals surface area contributed by atoms with Crippen LogP contribution in [-0.4, -0.2) is 36.7 Å². The first kappa shape index (κ1) is 19.6. The van der Waals surface area contributed by atoms with Gasteiger partial charge in [0.05, 0.1) is 6.04 Å². The highest BCUT2D eigenvalue weighted by atomic mass is 19.1. The SMILES string of the molecule is CC1(C)Cc2cc(-c3cccc(F)c3)ccc2C1NC(=O)O[C@H]1CN2CCC1CC2. The Labute approximate surface area is 177 Å². The third-order valence-corrected chi connectivity index (χ3v) is 7.16. The molecule has 2 bridgehead atoms. The van der Waals surface area contributed by atoms with E-state index in [0.717, 1.165) is 55.6 Å². The van der Waals surface area contributed by atoms with Gasteiger partial charge in [-0.3, -0.25) is 4.90 Å². The van der Waals surface area contributed by atoms with Crippen molar-refractivity contribution >= 4 is 6.09 Å². The Bertz CT molecular complexity index is 965. The molecule has 3 fully saturated rings. The smallest absolute Gasteiger partial charge is 0.407 e. The molecule has 2 aromatic rings. The quantitative estimate of drug-likeness (QED) is 0.782. The van der Waals surface area contributed by atoms with E-state index in [1.54, 1.807) is 12.1 Å². The van der Waals surface area contributed by atoms with Crippen LogP contribution in [0.2, 0.25) is 0 Å². The molecule has 1 amide bonds. The topological polar surface area (TPSA) is 41.6 Å². The minimum absolute atomic E-state index is 0.00633. The number of hydrogen-bond acceptors (Lipinski definition) is 3. The maximum atomic E-state index is 13.6. The fourth-order valence-corrected chi connectivity index (χ4v) is 5.51. The Morgan fingerprint density at radius 2 is 1.90 bits per heavy atom. The second kappa shape index (κ2) is 7.38. The number of hydrogen-bond donors (Lipinski definition) is 1. The Morgan fingerprint density at radius 3 is 2.60 bits per heavy atom. The van der Waals surface area contributed by atoms with Crippen LogP contribution in [0, 0.1) is 17.2 Å². The number of alkyl carbamates (subject to hydrolysis) is 1. The molecule has 3 saturated heterocycles. The Hall–Kier alpha value is -2.40. The van der Waals surface area contributed by atoms with Crippen molar-refractivity contribution in [2.45, 2.75) is 45.3 Å². The molecule has 3 heterocycles. The van der Waals surface area contributed by atoms with Crippen LogP contribution in [0.4, 0.5) is 9.18 Å². The number of nitrogens with one attached hydrogen (secondary N) is 1. The predicted molar refractivity (Wildman–Crippen MR) is 115 cm³/mol. The second-order valence-corrected chi connectivity index (χ2v) is 9.75. The van der Waals surface area contributed by atoms with Crippen molar-refractivity contribution in [3.8, 4) is 11.1 Å². The van der Waals surface area contributed by atoms with Crippen LogP contribution >= 0.6 is 0 Å². The van der Waals surface area contributed by atoms with Gasteiger partial charge in [-0.1, -0.05) is 44.2 Å². The van der Waals surface area contributed by atoms with Gasteiger partial charge in [0.2, 0.25) is 0 Å². The van der Waals surface area contributed by atoms with E-state index in [4.69, 9.17) is 4.74 Å². The third-order valence-electron chi connectivity index (χ3n) is 7.16. The summed E-state index contributed by atoms with van der Waals surface area (Å²) < 4.78 is 19.5. The van der Waals surface area contributed by atoms with Gasteiger partial charge in [-0.2, -0.15) is 0 Å². The fraction of sp³-hybridized carbons (Fsp3) is 0.480. The summed E-state index contributed by atoms with van der Waals surface area (Å²) in [6.45, 7) is 7.47. The number of amides is 1. The van der Waals surface area contributed by atoms with Gasteiger partial charge in [0.1, 0.15) is 11.9 Å². The van der Waals surface area contributed by atoms with E-state index in [1.807, 2.05) is 12.1 Å². The van der Waals surface area contributed by atoms with Crippen LogP contribution in [0.5, 0.6) is 0 Å². The highest BCUT2D eigenvalue weighted by molar-refractivity contribution is 5.70. The van der Waals surface area contributed by atoms with E-state index < -0.39 is 0 Å². The summed E-state index contributed by atoms with van der Waals surface area (Å²) in [5.74, 6) is 0.266. The average Bonchev–Trinajstić information content (AvgIpc) is 2.97. The van der Waals surface area contributed by atoms with Crippen molar-refractivity contribution in [3.63, 3.8) is 0 Å². The van der Waals surface area contributed by atoms with E-state index in [2.05, 4.69) is 36.2 Å². The monoisotopic (exact) mass is 408 g/mol. The number of carbonyl (C=O) groups excluding carboxylic acids is 1. The lowest BCUT2D eigenvalue weighted by Gasteiger charge is -2.44. The van der Waals surface area contributed by atoms with Crippen LogP contribution in [0.1, 0.15) is 43.9 Å². The zero-order valence-electron chi connectivity index (χ0n) is 17.7. The molecule has 2 aromatic carbocycles. The largest absolute Gasteiger partial charge is 0.445 e. The number of rotatable bonds is 3. The predicted octanol–water partition coefficient (Wildman–Crippen LogP) is 4.94. The first-order chi connectivity index (χ1) is 14.4. The number of carbonyl (C=O) groups is 1. The van der Waals surface area contributed by atoms with Crippen LogP contribution in [0.15, 0.2) is 42.5 Å². The first-order valence-electron chi connectivity index (χ1n) is 11.0. The molecule has 2 atom stereocenters. The van der Waals surface area contributed by atoms with Gasteiger partial charge in [-0.05, 0) is 78.1 Å². The number of fused-ring (bicyclic) bond motifs is 4. The molecule has 1 unspecified atom stereocenters. The minimum Gasteiger partial charge on any atom is -0.445 e. The lowest BCUT2D eigenvalue weighted by molar-refractivity contribution is -0.0348. The molecule has 158 valence electrons. The summed E-state index contributed by atoms with van der Waals surface area (Å²) >= 11 is 0. The van der Waals surface area contributed by atoms with Gasteiger partial charge in [0.25, 0.3) is 0 Å². The van der Waals surface area contributed by atoms with E-state index >= 15 is 0 Å². The normalized spacial score (nSPS) is 28.8. The van der Waals surface area contributed by atoms with Gasteiger partial charge >= 0.3 is 6.09 Å². The number of nitrogens with zero attached hydrogens (tertiary/aromatic N) is 1. The number of ether oxygens (including phenoxy) is 1. The van der Waals surface area contributed by atoms with E-state index in [-0.39, 0.29) is 29.5 Å². The summed E-state index contributed by atoms with van der Waals surface area (Å²) in [5.41, 5.74) is 4.09. The molecule has 0 spiro atoms. The summed E-state index contributed by atoms with van der Waals surface area (Å²) in [4.78, 5) is 15.2. The molecular weight excluding hydrogens is 379 g/mol. The Kier molecular flexibility index (Phi) is 4.81. The molecule has 0 radical (unpaired) electrons. The van der Waals surface area contributed by atoms with Crippen molar-refractivity contribution in [1.82, 2.24) is 10.2 Å². The highest BCUT2D eigenvalue weighted by Gasteiger charge is 2.42. The molecule has 6 rings (SSSR count). The number of piperidine rings is 3. The van der Waals surface area contributed by atoms with Gasteiger partial charge in [-0.15, -0.1) is 0 Å². The summed E-state index contributed by atoms with van der Waals surface area (Å²) in [7, 11) is 0. The van der Waals surface area contributed by atoms with Crippen LogP contribution < -0.4 is 5.32 Å². The lowest BCUT2D eigenvalue weighted by atomic mass is 9.85. The van der Waals surface area contributed by atoms with Gasteiger partial charge < -0.3 is 10.1 Å². The maximum Gasteiger partial charge on any atom is 0.407 e. The molecular formula is C25H29FN2O2. The number of halogens is 1. The first-order valence-corrected chi connectivity index (χ1v) is 11.0. The molecule has 1 aliphatic carbocycles. The molecule has 5 heteroatoms.